The molecule has 0 bridgehead atoms. The Morgan fingerprint density at radius 3 is 2.89 bits per heavy atom. The molecule has 0 saturated carbocycles. The summed E-state index contributed by atoms with van der Waals surface area (Å²) in [6, 6.07) is -1.06. The third kappa shape index (κ3) is 3.28. The van der Waals surface area contributed by atoms with Crippen LogP contribution in [0, 0.1) is 0 Å². The fourth-order valence-corrected chi connectivity index (χ4v) is 1.98. The number of carbonyl (C=O) groups excluding carboxylic acids is 1. The van der Waals surface area contributed by atoms with Gasteiger partial charge in [0, 0.05) is 23.7 Å². The van der Waals surface area contributed by atoms with Crippen LogP contribution in [0.15, 0.2) is 17.9 Å². The van der Waals surface area contributed by atoms with Gasteiger partial charge >= 0.3 is 5.97 Å². The second kappa shape index (κ2) is 5.48. The molecule has 2 heterocycles. The van der Waals surface area contributed by atoms with E-state index in [1.807, 2.05) is 0 Å². The molecule has 1 amide bonds. The van der Waals surface area contributed by atoms with E-state index >= 15 is 0 Å². The molecule has 8 nitrogen and oxygen atoms in total. The first kappa shape index (κ1) is 13.0. The summed E-state index contributed by atoms with van der Waals surface area (Å²) in [6.45, 7) is 0. The number of imidazole rings is 1. The van der Waals surface area contributed by atoms with Crippen LogP contribution in [0.3, 0.4) is 0 Å². The third-order valence-corrected chi connectivity index (χ3v) is 3.01. The first-order valence-corrected chi connectivity index (χ1v) is 6.16. The van der Waals surface area contributed by atoms with Gasteiger partial charge in [-0.15, -0.1) is 11.3 Å². The van der Waals surface area contributed by atoms with Crippen molar-refractivity contribution in [1.82, 2.24) is 20.3 Å². The monoisotopic (exact) mass is 281 g/mol. The number of carboxylic acid groups (broad SMARTS) is 1. The number of aliphatic carboxylic acids is 1. The van der Waals surface area contributed by atoms with Crippen molar-refractivity contribution < 1.29 is 14.7 Å². The number of carboxylic acids is 1. The summed E-state index contributed by atoms with van der Waals surface area (Å²) in [4.78, 5) is 33.3. The van der Waals surface area contributed by atoms with E-state index in [0.717, 1.165) is 11.3 Å². The highest BCUT2D eigenvalue weighted by Gasteiger charge is 2.22. The SMILES string of the molecule is Nc1nc(C(=O)N[C@H](Cc2cnc[nH]2)C(=O)O)cs1. The number of hydrogen-bond donors (Lipinski definition) is 4. The van der Waals surface area contributed by atoms with Gasteiger partial charge < -0.3 is 21.1 Å². The van der Waals surface area contributed by atoms with Gasteiger partial charge in [-0.25, -0.2) is 14.8 Å². The van der Waals surface area contributed by atoms with E-state index in [1.165, 1.54) is 17.9 Å². The van der Waals surface area contributed by atoms with E-state index in [4.69, 9.17) is 10.8 Å². The number of nitrogen functional groups attached to an aromatic ring is 1. The highest BCUT2D eigenvalue weighted by Crippen LogP contribution is 2.11. The number of anilines is 1. The fraction of sp³-hybridized carbons (Fsp3) is 0.200. The number of amides is 1. The van der Waals surface area contributed by atoms with Crippen molar-refractivity contribution in [3.05, 3.63) is 29.3 Å². The van der Waals surface area contributed by atoms with E-state index in [0.29, 0.717) is 5.69 Å². The maximum absolute atomic E-state index is 11.8. The number of nitrogens with one attached hydrogen (secondary N) is 2. The zero-order valence-electron chi connectivity index (χ0n) is 9.66. The highest BCUT2D eigenvalue weighted by molar-refractivity contribution is 7.13. The number of aromatic nitrogens is 3. The van der Waals surface area contributed by atoms with Gasteiger partial charge in [-0.3, -0.25) is 4.79 Å². The summed E-state index contributed by atoms with van der Waals surface area (Å²) < 4.78 is 0. The lowest BCUT2D eigenvalue weighted by molar-refractivity contribution is -0.139. The van der Waals surface area contributed by atoms with Crippen LogP contribution in [0.1, 0.15) is 16.2 Å². The van der Waals surface area contributed by atoms with Gasteiger partial charge in [0.15, 0.2) is 5.13 Å². The van der Waals surface area contributed by atoms with Crippen molar-refractivity contribution in [2.75, 3.05) is 5.73 Å². The Hall–Kier alpha value is -2.42. The fourth-order valence-electron chi connectivity index (χ4n) is 1.44. The first-order valence-electron chi connectivity index (χ1n) is 5.28. The average molecular weight is 281 g/mol. The van der Waals surface area contributed by atoms with Crippen LogP contribution in [0.5, 0.6) is 0 Å². The molecule has 0 radical (unpaired) electrons. The van der Waals surface area contributed by atoms with E-state index < -0.39 is 17.9 Å². The van der Waals surface area contributed by atoms with Gasteiger partial charge in [0.05, 0.1) is 6.33 Å². The zero-order chi connectivity index (χ0) is 13.8. The zero-order valence-corrected chi connectivity index (χ0v) is 10.5. The molecule has 9 heteroatoms. The Labute approximate surface area is 111 Å². The second-order valence-electron chi connectivity index (χ2n) is 3.72. The smallest absolute Gasteiger partial charge is 0.326 e. The van der Waals surface area contributed by atoms with Gasteiger partial charge in [-0.2, -0.15) is 0 Å². The molecule has 2 aromatic rings. The molecule has 0 fully saturated rings. The minimum Gasteiger partial charge on any atom is -0.480 e. The van der Waals surface area contributed by atoms with E-state index in [9.17, 15) is 9.59 Å². The number of carbonyl (C=O) groups is 2. The maximum Gasteiger partial charge on any atom is 0.326 e. The molecule has 19 heavy (non-hydrogen) atoms. The lowest BCUT2D eigenvalue weighted by atomic mass is 10.1. The normalized spacial score (nSPS) is 12.0. The Morgan fingerprint density at radius 2 is 2.37 bits per heavy atom. The van der Waals surface area contributed by atoms with Crippen molar-refractivity contribution in [3.63, 3.8) is 0 Å². The van der Waals surface area contributed by atoms with Crippen molar-refractivity contribution in [3.8, 4) is 0 Å². The van der Waals surface area contributed by atoms with Crippen molar-refractivity contribution in [1.29, 1.82) is 0 Å². The summed E-state index contributed by atoms with van der Waals surface area (Å²) >= 11 is 1.12. The van der Waals surface area contributed by atoms with Gasteiger partial charge in [-0.1, -0.05) is 0 Å². The number of hydrogen-bond acceptors (Lipinski definition) is 6. The predicted octanol–water partition coefficient (Wildman–Crippen LogP) is -0.126. The Morgan fingerprint density at radius 1 is 1.58 bits per heavy atom. The molecule has 0 aliphatic carbocycles. The minimum absolute atomic E-state index is 0.110. The molecule has 0 unspecified atom stereocenters. The van der Waals surface area contributed by atoms with Crippen molar-refractivity contribution >= 4 is 28.3 Å². The Bertz CT molecular complexity index is 580. The van der Waals surface area contributed by atoms with Gasteiger partial charge in [0.1, 0.15) is 11.7 Å². The van der Waals surface area contributed by atoms with Crippen LogP contribution in [0.4, 0.5) is 5.13 Å². The van der Waals surface area contributed by atoms with Gasteiger partial charge in [0.25, 0.3) is 5.91 Å². The molecule has 2 rings (SSSR count). The van der Waals surface area contributed by atoms with E-state index in [-0.39, 0.29) is 17.2 Å². The van der Waals surface area contributed by atoms with Gasteiger partial charge in [-0.05, 0) is 0 Å². The van der Waals surface area contributed by atoms with Crippen LogP contribution in [-0.2, 0) is 11.2 Å². The number of thiazole rings is 1. The molecular formula is C10H11N5O3S. The van der Waals surface area contributed by atoms with Crippen LogP contribution in [0.25, 0.3) is 0 Å². The van der Waals surface area contributed by atoms with Crippen LogP contribution >= 0.6 is 11.3 Å². The standard InChI is InChI=1S/C10H11N5O3S/c11-10-15-7(3-19-10)8(16)14-6(9(17)18)1-5-2-12-4-13-5/h2-4,6H,1H2,(H2,11,15)(H,12,13)(H,14,16)(H,17,18)/t6-/m1/s1. The summed E-state index contributed by atoms with van der Waals surface area (Å²) in [6.07, 6.45) is 3.06. The summed E-state index contributed by atoms with van der Waals surface area (Å²) in [5, 5.41) is 13.2. The molecule has 1 atom stereocenters. The predicted molar refractivity (Wildman–Crippen MR) is 67.7 cm³/mol. The highest BCUT2D eigenvalue weighted by atomic mass is 32.1. The molecule has 0 spiro atoms. The van der Waals surface area contributed by atoms with Crippen molar-refractivity contribution in [2.45, 2.75) is 12.5 Å². The van der Waals surface area contributed by atoms with Crippen LogP contribution in [-0.4, -0.2) is 38.0 Å². The minimum atomic E-state index is -1.13. The molecule has 100 valence electrons. The average Bonchev–Trinajstić information content (AvgIpc) is 2.99. The Kier molecular flexibility index (Phi) is 3.76. The number of H-pyrrole nitrogens is 1. The Balaban J connectivity index is 2.04. The maximum atomic E-state index is 11.8. The molecule has 0 aliphatic heterocycles. The quantitative estimate of drug-likeness (QED) is 0.603. The van der Waals surface area contributed by atoms with Crippen LogP contribution in [0.2, 0.25) is 0 Å². The number of nitrogens with zero attached hydrogens (tertiary/aromatic N) is 2. The molecule has 0 saturated heterocycles. The topological polar surface area (TPSA) is 134 Å². The van der Waals surface area contributed by atoms with Crippen LogP contribution < -0.4 is 11.1 Å². The lowest BCUT2D eigenvalue weighted by Crippen LogP contribution is -2.42. The lowest BCUT2D eigenvalue weighted by Gasteiger charge is -2.12. The van der Waals surface area contributed by atoms with Gasteiger partial charge in [0.2, 0.25) is 0 Å². The number of rotatable bonds is 5. The van der Waals surface area contributed by atoms with E-state index in [2.05, 4.69) is 20.3 Å². The second-order valence-corrected chi connectivity index (χ2v) is 4.61. The molecule has 0 aliphatic rings. The summed E-state index contributed by atoms with van der Waals surface area (Å²) in [5.41, 5.74) is 6.14. The number of nitrogens with two attached hydrogens (primary N) is 1. The molecule has 0 aromatic carbocycles. The number of aromatic amines is 1. The van der Waals surface area contributed by atoms with E-state index in [1.54, 1.807) is 0 Å². The summed E-state index contributed by atoms with van der Waals surface area (Å²) in [5.74, 6) is -1.70. The first-order chi connectivity index (χ1) is 9.06. The van der Waals surface area contributed by atoms with Crippen molar-refractivity contribution in [2.24, 2.45) is 0 Å². The third-order valence-electron chi connectivity index (χ3n) is 2.34. The molecule has 5 N–H and O–H groups in total. The largest absolute Gasteiger partial charge is 0.480 e. The molecule has 2 aromatic heterocycles. The molecular weight excluding hydrogens is 270 g/mol. The summed E-state index contributed by atoms with van der Waals surface area (Å²) in [7, 11) is 0.